The molecule has 0 aromatic heterocycles. The first-order valence-corrected chi connectivity index (χ1v) is 6.35. The second-order valence-corrected chi connectivity index (χ2v) is 4.23. The zero-order valence-electron chi connectivity index (χ0n) is 12.0. The molecule has 2 aromatic carbocycles. The van der Waals surface area contributed by atoms with E-state index in [1.54, 1.807) is 0 Å². The van der Waals surface area contributed by atoms with E-state index in [9.17, 15) is 0 Å². The average Bonchev–Trinajstić information content (AvgIpc) is 3.01. The van der Waals surface area contributed by atoms with Crippen molar-refractivity contribution in [2.24, 2.45) is 0 Å². The molecule has 0 bridgehead atoms. The van der Waals surface area contributed by atoms with Crippen LogP contribution in [0.4, 0.5) is 0 Å². The number of hydrogen-bond donors (Lipinski definition) is 0. The van der Waals surface area contributed by atoms with Gasteiger partial charge in [-0.2, -0.15) is 37.4 Å². The van der Waals surface area contributed by atoms with Crippen LogP contribution in [0.3, 0.4) is 0 Å². The molecule has 0 saturated carbocycles. The Hall–Kier alpha value is -0.807. The van der Waals surface area contributed by atoms with E-state index in [4.69, 9.17) is 0 Å². The Balaban J connectivity index is 0.000000286. The zero-order valence-corrected chi connectivity index (χ0v) is 14.4. The molecule has 0 spiro atoms. The van der Waals surface area contributed by atoms with Crippen LogP contribution >= 0.6 is 0 Å². The topological polar surface area (TPSA) is 0 Å². The molecular formula is C18H21Zr. The summed E-state index contributed by atoms with van der Waals surface area (Å²) in [6.45, 7) is 6.08. The van der Waals surface area contributed by atoms with Crippen molar-refractivity contribution in [3.63, 3.8) is 0 Å². The maximum atomic E-state index is 3.05. The minimum Gasteiger partial charge on any atom is -0.335 e. The number of allylic oxidation sites excluding steroid dienone is 4. The van der Waals surface area contributed by atoms with Crippen LogP contribution in [0.1, 0.15) is 27.2 Å². The smallest absolute Gasteiger partial charge is 0.335 e. The molecule has 3 rings (SSSR count). The van der Waals surface area contributed by atoms with Crippen LogP contribution in [0.15, 0.2) is 60.2 Å². The van der Waals surface area contributed by atoms with Crippen LogP contribution in [0, 0.1) is 12.5 Å². The van der Waals surface area contributed by atoms with Crippen LogP contribution in [0.2, 0.25) is 0 Å². The van der Waals surface area contributed by atoms with Gasteiger partial charge >= 0.3 is 26.2 Å². The van der Waals surface area contributed by atoms with Gasteiger partial charge in [-0.1, -0.05) is 6.07 Å². The monoisotopic (exact) mass is 327 g/mol. The van der Waals surface area contributed by atoms with Gasteiger partial charge in [0.1, 0.15) is 0 Å². The van der Waals surface area contributed by atoms with Gasteiger partial charge < -0.3 is 6.42 Å². The summed E-state index contributed by atoms with van der Waals surface area (Å²) in [7, 11) is 0. The Labute approximate surface area is 136 Å². The number of benzene rings is 1. The summed E-state index contributed by atoms with van der Waals surface area (Å²) in [5, 5.41) is 2.66. The van der Waals surface area contributed by atoms with Crippen molar-refractivity contribution >= 4 is 10.8 Å². The molecule has 0 unspecified atom stereocenters. The fourth-order valence-corrected chi connectivity index (χ4v) is 1.57. The van der Waals surface area contributed by atoms with E-state index in [1.807, 2.05) is 26.3 Å². The second-order valence-electron chi connectivity index (χ2n) is 4.23. The quantitative estimate of drug-likeness (QED) is 0.562. The van der Waals surface area contributed by atoms with Gasteiger partial charge in [-0.3, -0.25) is 6.08 Å². The summed E-state index contributed by atoms with van der Waals surface area (Å²) in [5.74, 6) is 0. The third-order valence-electron chi connectivity index (χ3n) is 2.42. The summed E-state index contributed by atoms with van der Waals surface area (Å²) in [6, 6.07) is 14.7. The van der Waals surface area contributed by atoms with E-state index >= 15 is 0 Å². The van der Waals surface area contributed by atoms with Gasteiger partial charge in [0.05, 0.1) is 0 Å². The third-order valence-corrected chi connectivity index (χ3v) is 2.42. The van der Waals surface area contributed by atoms with Crippen LogP contribution < -0.4 is 0 Å². The Bertz CT molecular complexity index is 470. The molecule has 0 nitrogen and oxygen atoms in total. The van der Waals surface area contributed by atoms with Crippen LogP contribution in [-0.2, 0) is 26.2 Å². The molecule has 0 atom stereocenters. The van der Waals surface area contributed by atoms with Gasteiger partial charge in [-0.25, -0.2) is 11.6 Å². The molecule has 1 heteroatoms. The van der Waals surface area contributed by atoms with Crippen molar-refractivity contribution in [1.29, 1.82) is 0 Å². The molecule has 19 heavy (non-hydrogen) atoms. The number of hydrogen-bond acceptors (Lipinski definition) is 0. The minimum atomic E-state index is 0. The fourth-order valence-electron chi connectivity index (χ4n) is 1.57. The predicted octanol–water partition coefficient (Wildman–Crippen LogP) is 5.48. The summed E-state index contributed by atoms with van der Waals surface area (Å²) in [4.78, 5) is 0. The van der Waals surface area contributed by atoms with Crippen molar-refractivity contribution in [1.82, 2.24) is 0 Å². The van der Waals surface area contributed by atoms with Crippen molar-refractivity contribution in [3.05, 3.63) is 72.7 Å². The van der Waals surface area contributed by atoms with Crippen LogP contribution in [0.25, 0.3) is 10.8 Å². The van der Waals surface area contributed by atoms with Crippen LogP contribution in [0.5, 0.6) is 0 Å². The molecule has 0 aliphatic heterocycles. The van der Waals surface area contributed by atoms with E-state index in [0.29, 0.717) is 0 Å². The van der Waals surface area contributed by atoms with Crippen molar-refractivity contribution < 1.29 is 26.2 Å². The Morgan fingerprint density at radius 1 is 1.16 bits per heavy atom. The van der Waals surface area contributed by atoms with Gasteiger partial charge in [-0.15, -0.1) is 43.0 Å². The Morgan fingerprint density at radius 3 is 2.32 bits per heavy atom. The second kappa shape index (κ2) is 11.1. The Morgan fingerprint density at radius 2 is 1.84 bits per heavy atom. The number of rotatable bonds is 0. The molecule has 1 radical (unpaired) electrons. The van der Waals surface area contributed by atoms with Gasteiger partial charge in [0.15, 0.2) is 0 Å². The van der Waals surface area contributed by atoms with Crippen molar-refractivity contribution in [2.45, 2.75) is 27.2 Å². The van der Waals surface area contributed by atoms with Crippen LogP contribution in [-0.4, -0.2) is 0 Å². The molecule has 1 aliphatic rings. The fraction of sp³-hybridized carbons (Fsp3) is 0.222. The maximum Gasteiger partial charge on any atom is 3.00 e. The molecule has 0 heterocycles. The molecule has 0 amide bonds. The Kier molecular flexibility index (Phi) is 10.6. The van der Waals surface area contributed by atoms with Crippen molar-refractivity contribution in [2.75, 3.05) is 0 Å². The minimum absolute atomic E-state index is 0. The van der Waals surface area contributed by atoms with E-state index < -0.39 is 0 Å². The molecule has 0 N–H and O–H groups in total. The first-order chi connectivity index (χ1) is 8.77. The SMILES string of the molecule is CC1=CC[C-]=C1.C[CH-]C.[Zr+3].c1ccc2[cH-]ccc2c1. The molecule has 97 valence electrons. The molecule has 1 aliphatic carbocycles. The first kappa shape index (κ1) is 18.2. The van der Waals surface area contributed by atoms with Gasteiger partial charge in [-0.05, 0) is 0 Å². The average molecular weight is 329 g/mol. The van der Waals surface area contributed by atoms with E-state index in [0.717, 1.165) is 6.42 Å². The summed E-state index contributed by atoms with van der Waals surface area (Å²) in [6.07, 6.45) is 10.2. The van der Waals surface area contributed by atoms with Crippen molar-refractivity contribution in [3.8, 4) is 0 Å². The molecular weight excluding hydrogens is 307 g/mol. The molecule has 0 fully saturated rings. The normalized spacial score (nSPS) is 11.6. The van der Waals surface area contributed by atoms with E-state index in [2.05, 4.69) is 61.5 Å². The standard InChI is InChI=1S/C9H7.C6H7.C3H7.Zr/c1-2-5-9-7-3-6-8(9)4-1;1-6-4-2-3-5-6;1-3-2;/h1-7H;4-5H,2H2,1H3;3H,1-2H3;/q3*-1;+3. The summed E-state index contributed by atoms with van der Waals surface area (Å²) in [5.41, 5.74) is 1.34. The summed E-state index contributed by atoms with van der Waals surface area (Å²) < 4.78 is 0. The largest absolute Gasteiger partial charge is 3.00 e. The predicted molar refractivity (Wildman–Crippen MR) is 81.4 cm³/mol. The third kappa shape index (κ3) is 7.38. The van der Waals surface area contributed by atoms with Gasteiger partial charge in [0, 0.05) is 0 Å². The summed E-state index contributed by atoms with van der Waals surface area (Å²) >= 11 is 0. The van der Waals surface area contributed by atoms with Gasteiger partial charge in [0.2, 0.25) is 0 Å². The van der Waals surface area contributed by atoms with Gasteiger partial charge in [0.25, 0.3) is 0 Å². The molecule has 2 aromatic rings. The number of fused-ring (bicyclic) bond motifs is 1. The van der Waals surface area contributed by atoms with E-state index in [-0.39, 0.29) is 26.2 Å². The zero-order chi connectivity index (χ0) is 13.2. The molecule has 0 saturated heterocycles. The van der Waals surface area contributed by atoms with E-state index in [1.165, 1.54) is 16.3 Å². The first-order valence-electron chi connectivity index (χ1n) is 6.35. The maximum absolute atomic E-state index is 3.05.